The van der Waals surface area contributed by atoms with Crippen LogP contribution in [0, 0.1) is 12.8 Å². The topological polar surface area (TPSA) is 96.7 Å². The number of rotatable bonds is 4. The molecule has 3 rings (SSSR count). The highest BCUT2D eigenvalue weighted by Crippen LogP contribution is 2.26. The minimum Gasteiger partial charge on any atom is -0.481 e. The SMILES string of the molecule is Cc1ccc(S(=O)(=O)n2ccc(C(=O)N3CCC[C@@H](C(=O)O)[C@H]3C)c2)cc1. The van der Waals surface area contributed by atoms with Crippen molar-refractivity contribution in [2.45, 2.75) is 37.6 Å². The van der Waals surface area contributed by atoms with E-state index in [0.29, 0.717) is 19.4 Å². The van der Waals surface area contributed by atoms with E-state index in [1.54, 1.807) is 19.1 Å². The lowest BCUT2D eigenvalue weighted by Crippen LogP contribution is -2.49. The first kappa shape index (κ1) is 19.2. The molecule has 7 nitrogen and oxygen atoms in total. The first-order valence-corrected chi connectivity index (χ1v) is 10.2. The van der Waals surface area contributed by atoms with E-state index in [1.165, 1.54) is 35.5 Å². The second kappa shape index (κ2) is 7.19. The Kier molecular flexibility index (Phi) is 5.10. The molecular formula is C19H22N2O5S. The third-order valence-electron chi connectivity index (χ3n) is 5.08. The van der Waals surface area contributed by atoms with Gasteiger partial charge in [0.05, 0.1) is 16.4 Å². The van der Waals surface area contributed by atoms with Gasteiger partial charge in [-0.2, -0.15) is 0 Å². The Balaban J connectivity index is 1.86. The van der Waals surface area contributed by atoms with Gasteiger partial charge >= 0.3 is 5.97 Å². The van der Waals surface area contributed by atoms with Gasteiger partial charge in [-0.15, -0.1) is 0 Å². The Morgan fingerprint density at radius 3 is 2.44 bits per heavy atom. The molecule has 0 unspecified atom stereocenters. The van der Waals surface area contributed by atoms with Gasteiger partial charge < -0.3 is 10.0 Å². The molecule has 144 valence electrons. The van der Waals surface area contributed by atoms with Crippen LogP contribution >= 0.6 is 0 Å². The van der Waals surface area contributed by atoms with E-state index in [1.807, 2.05) is 6.92 Å². The number of carbonyl (C=O) groups is 2. The lowest BCUT2D eigenvalue weighted by Gasteiger charge is -2.37. The summed E-state index contributed by atoms with van der Waals surface area (Å²) in [4.78, 5) is 25.8. The Morgan fingerprint density at radius 2 is 1.81 bits per heavy atom. The average Bonchev–Trinajstić information content (AvgIpc) is 3.12. The van der Waals surface area contributed by atoms with Gasteiger partial charge in [-0.3, -0.25) is 9.59 Å². The van der Waals surface area contributed by atoms with Crippen LogP contribution in [0.3, 0.4) is 0 Å². The summed E-state index contributed by atoms with van der Waals surface area (Å²) in [6.45, 7) is 4.04. The van der Waals surface area contributed by atoms with Gasteiger partial charge in [0.2, 0.25) is 0 Å². The molecule has 1 fully saturated rings. The predicted octanol–water partition coefficient (Wildman–Crippen LogP) is 2.36. The van der Waals surface area contributed by atoms with Crippen LogP contribution in [0.1, 0.15) is 35.7 Å². The lowest BCUT2D eigenvalue weighted by molar-refractivity contribution is -0.144. The van der Waals surface area contributed by atoms with Crippen molar-refractivity contribution in [1.82, 2.24) is 8.87 Å². The number of carbonyl (C=O) groups excluding carboxylic acids is 1. The van der Waals surface area contributed by atoms with Crippen molar-refractivity contribution >= 4 is 21.9 Å². The largest absolute Gasteiger partial charge is 0.481 e. The monoisotopic (exact) mass is 390 g/mol. The zero-order valence-electron chi connectivity index (χ0n) is 15.2. The van der Waals surface area contributed by atoms with Crippen molar-refractivity contribution in [2.24, 2.45) is 5.92 Å². The Hall–Kier alpha value is -2.61. The molecule has 1 aromatic heterocycles. The first-order chi connectivity index (χ1) is 12.7. The van der Waals surface area contributed by atoms with Gasteiger partial charge in [0.15, 0.2) is 0 Å². The van der Waals surface area contributed by atoms with Gasteiger partial charge in [-0.1, -0.05) is 17.7 Å². The normalized spacial score (nSPS) is 20.4. The highest BCUT2D eigenvalue weighted by molar-refractivity contribution is 7.90. The molecular weight excluding hydrogens is 368 g/mol. The number of carboxylic acid groups (broad SMARTS) is 1. The molecule has 1 saturated heterocycles. The van der Waals surface area contributed by atoms with Gasteiger partial charge in [-0.05, 0) is 44.9 Å². The van der Waals surface area contributed by atoms with Crippen LogP contribution in [0.2, 0.25) is 0 Å². The second-order valence-electron chi connectivity index (χ2n) is 6.87. The Morgan fingerprint density at radius 1 is 1.15 bits per heavy atom. The van der Waals surface area contributed by atoms with E-state index in [0.717, 1.165) is 9.54 Å². The number of aryl methyl sites for hydroxylation is 1. The van der Waals surface area contributed by atoms with Crippen molar-refractivity contribution in [1.29, 1.82) is 0 Å². The van der Waals surface area contributed by atoms with Crippen LogP contribution < -0.4 is 0 Å². The Labute approximate surface area is 158 Å². The average molecular weight is 390 g/mol. The van der Waals surface area contributed by atoms with E-state index >= 15 is 0 Å². The Bertz CT molecular complexity index is 962. The van der Waals surface area contributed by atoms with Crippen LogP contribution in [-0.4, -0.2) is 46.9 Å². The zero-order chi connectivity index (χ0) is 19.8. The lowest BCUT2D eigenvalue weighted by atomic mass is 9.90. The van der Waals surface area contributed by atoms with Crippen molar-refractivity contribution in [3.8, 4) is 0 Å². The molecule has 0 bridgehead atoms. The van der Waals surface area contributed by atoms with Crippen LogP contribution in [-0.2, 0) is 14.8 Å². The maximum absolute atomic E-state index is 12.8. The molecule has 2 atom stereocenters. The number of amides is 1. The van der Waals surface area contributed by atoms with E-state index in [4.69, 9.17) is 0 Å². The fraction of sp³-hybridized carbons (Fsp3) is 0.368. The molecule has 0 aliphatic carbocycles. The summed E-state index contributed by atoms with van der Waals surface area (Å²) in [6.07, 6.45) is 3.76. The van der Waals surface area contributed by atoms with Crippen LogP contribution in [0.5, 0.6) is 0 Å². The minimum atomic E-state index is -3.79. The summed E-state index contributed by atoms with van der Waals surface area (Å²) in [6, 6.07) is 7.48. The number of piperidine rings is 1. The molecule has 1 aliphatic heterocycles. The van der Waals surface area contributed by atoms with Gasteiger partial charge in [0.25, 0.3) is 15.9 Å². The van der Waals surface area contributed by atoms with Gasteiger partial charge in [0, 0.05) is 25.0 Å². The fourth-order valence-corrected chi connectivity index (χ4v) is 4.61. The molecule has 0 spiro atoms. The molecule has 2 heterocycles. The van der Waals surface area contributed by atoms with Crippen LogP contribution in [0.4, 0.5) is 0 Å². The molecule has 1 aliphatic rings. The van der Waals surface area contributed by atoms with Crippen LogP contribution in [0.25, 0.3) is 0 Å². The minimum absolute atomic E-state index is 0.139. The van der Waals surface area contributed by atoms with Crippen molar-refractivity contribution in [3.63, 3.8) is 0 Å². The number of likely N-dealkylation sites (tertiary alicyclic amines) is 1. The molecule has 1 amide bonds. The highest BCUT2D eigenvalue weighted by atomic mass is 32.2. The molecule has 2 aromatic rings. The summed E-state index contributed by atoms with van der Waals surface area (Å²) in [5.41, 5.74) is 1.17. The molecule has 1 aromatic carbocycles. The molecule has 0 saturated carbocycles. The summed E-state index contributed by atoms with van der Waals surface area (Å²) < 4.78 is 26.5. The number of aromatic nitrogens is 1. The molecule has 1 N–H and O–H groups in total. The third-order valence-corrected chi connectivity index (χ3v) is 6.73. The highest BCUT2D eigenvalue weighted by Gasteiger charge is 2.36. The number of hydrogen-bond donors (Lipinski definition) is 1. The maximum Gasteiger partial charge on any atom is 0.308 e. The fourth-order valence-electron chi connectivity index (χ4n) is 3.41. The van der Waals surface area contributed by atoms with E-state index in [9.17, 15) is 23.1 Å². The number of benzene rings is 1. The van der Waals surface area contributed by atoms with Gasteiger partial charge in [0.1, 0.15) is 0 Å². The van der Waals surface area contributed by atoms with Gasteiger partial charge in [-0.25, -0.2) is 12.4 Å². The number of hydrogen-bond acceptors (Lipinski definition) is 4. The van der Waals surface area contributed by atoms with E-state index in [-0.39, 0.29) is 16.4 Å². The second-order valence-corrected chi connectivity index (χ2v) is 8.72. The molecule has 0 radical (unpaired) electrons. The molecule has 27 heavy (non-hydrogen) atoms. The summed E-state index contributed by atoms with van der Waals surface area (Å²) in [5.74, 6) is -1.88. The van der Waals surface area contributed by atoms with Crippen molar-refractivity contribution in [2.75, 3.05) is 6.54 Å². The van der Waals surface area contributed by atoms with Crippen molar-refractivity contribution in [3.05, 3.63) is 53.9 Å². The quantitative estimate of drug-likeness (QED) is 0.864. The number of aliphatic carboxylic acids is 1. The predicted molar refractivity (Wildman–Crippen MR) is 99.1 cm³/mol. The van der Waals surface area contributed by atoms with E-state index in [2.05, 4.69) is 0 Å². The maximum atomic E-state index is 12.8. The smallest absolute Gasteiger partial charge is 0.308 e. The zero-order valence-corrected chi connectivity index (χ0v) is 16.0. The van der Waals surface area contributed by atoms with Crippen LogP contribution in [0.15, 0.2) is 47.6 Å². The first-order valence-electron chi connectivity index (χ1n) is 8.76. The number of nitrogens with zero attached hydrogens (tertiary/aromatic N) is 2. The third kappa shape index (κ3) is 3.62. The standard InChI is InChI=1S/C19H22N2O5S/c1-13-5-7-16(8-6-13)27(25,26)20-11-9-15(12-20)18(22)21-10-3-4-17(14(21)2)19(23)24/h5-9,11-12,14,17H,3-4,10H2,1-2H3,(H,23,24)/t14-,17-/m1/s1. The summed E-state index contributed by atoms with van der Waals surface area (Å²) in [5, 5.41) is 9.31. The molecule has 8 heteroatoms. The van der Waals surface area contributed by atoms with E-state index < -0.39 is 28.0 Å². The summed E-state index contributed by atoms with van der Waals surface area (Å²) >= 11 is 0. The summed E-state index contributed by atoms with van der Waals surface area (Å²) in [7, 11) is -3.79. The number of carboxylic acids is 1. The van der Waals surface area contributed by atoms with Crippen molar-refractivity contribution < 1.29 is 23.1 Å².